The van der Waals surface area contributed by atoms with E-state index < -0.39 is 70.8 Å². The molecule has 3 heterocycles. The van der Waals surface area contributed by atoms with E-state index in [2.05, 4.69) is 4.98 Å². The number of hydrogen-bond donors (Lipinski definition) is 0. The predicted octanol–water partition coefficient (Wildman–Crippen LogP) is 3.90. The highest BCUT2D eigenvalue weighted by atomic mass is 16.6. The molecule has 0 aromatic carbocycles. The zero-order valence-corrected chi connectivity index (χ0v) is 23.9. The summed E-state index contributed by atoms with van der Waals surface area (Å²) >= 11 is 0. The van der Waals surface area contributed by atoms with Crippen molar-refractivity contribution >= 4 is 23.9 Å². The number of ether oxygens (including phenoxy) is 5. The van der Waals surface area contributed by atoms with Crippen LogP contribution in [0.15, 0.2) is 47.2 Å². The number of carbonyl (C=O) groups excluding carboxylic acids is 4. The maximum atomic E-state index is 13.5. The largest absolute Gasteiger partial charge is 0.462 e. The Bertz CT molecular complexity index is 1320. The van der Waals surface area contributed by atoms with E-state index in [4.69, 9.17) is 28.1 Å². The van der Waals surface area contributed by atoms with Gasteiger partial charge in [-0.1, -0.05) is 13.0 Å². The Balaban J connectivity index is 1.71. The van der Waals surface area contributed by atoms with E-state index in [9.17, 15) is 19.2 Å². The van der Waals surface area contributed by atoms with Crippen molar-refractivity contribution < 1.29 is 47.3 Å². The smallest absolute Gasteiger partial charge is 0.374 e. The topological polar surface area (TPSA) is 140 Å². The van der Waals surface area contributed by atoms with Gasteiger partial charge < -0.3 is 28.1 Å². The molecule has 2 aromatic rings. The van der Waals surface area contributed by atoms with Gasteiger partial charge in [0.1, 0.15) is 29.6 Å². The van der Waals surface area contributed by atoms with Gasteiger partial charge in [-0.15, -0.1) is 0 Å². The summed E-state index contributed by atoms with van der Waals surface area (Å²) in [7, 11) is 0. The number of furan rings is 1. The minimum absolute atomic E-state index is 0.00644. The molecule has 2 saturated carbocycles. The quantitative estimate of drug-likeness (QED) is 0.369. The number of carbonyl (C=O) groups is 4. The summed E-state index contributed by atoms with van der Waals surface area (Å²) in [4.78, 5) is 56.0. The predicted molar refractivity (Wildman–Crippen MR) is 140 cm³/mol. The molecule has 0 amide bonds. The van der Waals surface area contributed by atoms with Crippen molar-refractivity contribution in [1.29, 1.82) is 0 Å². The molecule has 0 unspecified atom stereocenters. The Morgan fingerprint density at radius 3 is 2.20 bits per heavy atom. The molecule has 2 aliphatic carbocycles. The Morgan fingerprint density at radius 1 is 0.878 bits per heavy atom. The molecule has 2 aromatic heterocycles. The summed E-state index contributed by atoms with van der Waals surface area (Å²) < 4.78 is 36.5. The number of esters is 4. The second kappa shape index (κ2) is 10.3. The lowest BCUT2D eigenvalue weighted by Gasteiger charge is -2.62. The molecule has 5 rings (SSSR count). The van der Waals surface area contributed by atoms with E-state index in [0.29, 0.717) is 12.8 Å². The molecule has 41 heavy (non-hydrogen) atoms. The molecule has 1 saturated heterocycles. The highest BCUT2D eigenvalue weighted by Gasteiger charge is 2.82. The number of fused-ring (bicyclic) bond motifs is 1. The van der Waals surface area contributed by atoms with Crippen molar-refractivity contribution in [3.8, 4) is 0 Å². The van der Waals surface area contributed by atoms with Crippen LogP contribution in [0.1, 0.15) is 75.4 Å². The Kier molecular flexibility index (Phi) is 7.21. The van der Waals surface area contributed by atoms with Gasteiger partial charge in [-0.05, 0) is 63.8 Å². The summed E-state index contributed by atoms with van der Waals surface area (Å²) in [6.45, 7) is 9.95. The molecular weight excluding hydrogens is 534 g/mol. The fourth-order valence-electron chi connectivity index (χ4n) is 7.48. The average Bonchev–Trinajstić information content (AvgIpc) is 3.51. The first-order chi connectivity index (χ1) is 19.3. The van der Waals surface area contributed by atoms with Crippen molar-refractivity contribution in [3.63, 3.8) is 0 Å². The molecule has 8 atom stereocenters. The van der Waals surface area contributed by atoms with Crippen LogP contribution in [-0.2, 0) is 33.3 Å². The van der Waals surface area contributed by atoms with E-state index in [1.165, 1.54) is 38.4 Å². The number of nitrogens with zero attached hydrogens (tertiary/aromatic N) is 1. The van der Waals surface area contributed by atoms with Gasteiger partial charge in [0.25, 0.3) is 0 Å². The van der Waals surface area contributed by atoms with Gasteiger partial charge in [-0.2, -0.15) is 0 Å². The number of pyridine rings is 1. The molecule has 0 N–H and O–H groups in total. The van der Waals surface area contributed by atoms with Crippen LogP contribution >= 0.6 is 0 Å². The van der Waals surface area contributed by atoms with Crippen molar-refractivity contribution in [2.24, 2.45) is 17.3 Å². The zero-order valence-electron chi connectivity index (χ0n) is 23.9. The van der Waals surface area contributed by atoms with Gasteiger partial charge in [-0.25, -0.2) is 14.6 Å². The summed E-state index contributed by atoms with van der Waals surface area (Å²) in [5.41, 5.74) is -3.63. The van der Waals surface area contributed by atoms with Crippen LogP contribution in [0.3, 0.4) is 0 Å². The third kappa shape index (κ3) is 4.50. The molecular formula is C30H35NO10. The standard InChI is InChI=1S/C30H35NO10/c1-16-12-13-21(37-17(2)32)29(6)25(40-26(34)19-10-7-8-14-31-19)23(38-18(3)33)22-24(30(16,29)41-28(22,4)5)39-27(35)20-11-9-15-36-20/h7-11,14-16,21-25H,12-13H2,1-6H3/t16-,21-,22+,23-,24-,25+,29-,30+/m1/s1. The van der Waals surface area contributed by atoms with E-state index in [1.807, 2.05) is 20.8 Å². The minimum atomic E-state index is -1.33. The van der Waals surface area contributed by atoms with Crippen LogP contribution in [0.5, 0.6) is 0 Å². The third-order valence-corrected chi connectivity index (χ3v) is 9.01. The van der Waals surface area contributed by atoms with Crippen molar-refractivity contribution in [3.05, 3.63) is 54.2 Å². The van der Waals surface area contributed by atoms with Crippen LogP contribution in [-0.4, -0.2) is 64.5 Å². The lowest BCUT2D eigenvalue weighted by atomic mass is 9.48. The Hall–Kier alpha value is -3.73. The highest BCUT2D eigenvalue weighted by molar-refractivity contribution is 5.87. The van der Waals surface area contributed by atoms with Crippen LogP contribution < -0.4 is 0 Å². The van der Waals surface area contributed by atoms with Gasteiger partial charge in [0.05, 0.1) is 23.2 Å². The average molecular weight is 570 g/mol. The van der Waals surface area contributed by atoms with Gasteiger partial charge in [0.15, 0.2) is 6.10 Å². The molecule has 1 aliphatic heterocycles. The van der Waals surface area contributed by atoms with E-state index in [1.54, 1.807) is 25.1 Å². The summed E-state index contributed by atoms with van der Waals surface area (Å²) in [6.07, 6.45) is -0.302. The fourth-order valence-corrected chi connectivity index (χ4v) is 7.48. The third-order valence-electron chi connectivity index (χ3n) is 9.01. The molecule has 1 spiro atoms. The molecule has 11 nitrogen and oxygen atoms in total. The minimum Gasteiger partial charge on any atom is -0.462 e. The van der Waals surface area contributed by atoms with Gasteiger partial charge in [-0.3, -0.25) is 9.59 Å². The van der Waals surface area contributed by atoms with Crippen molar-refractivity contribution in [1.82, 2.24) is 4.98 Å². The first-order valence-corrected chi connectivity index (χ1v) is 13.7. The Morgan fingerprint density at radius 2 is 1.59 bits per heavy atom. The van der Waals surface area contributed by atoms with Crippen molar-refractivity contribution in [2.75, 3.05) is 0 Å². The molecule has 2 bridgehead atoms. The zero-order chi connectivity index (χ0) is 29.7. The van der Waals surface area contributed by atoms with Crippen molar-refractivity contribution in [2.45, 2.75) is 90.0 Å². The lowest BCUT2D eigenvalue weighted by Crippen LogP contribution is -2.76. The van der Waals surface area contributed by atoms with Crippen LogP contribution in [0.4, 0.5) is 0 Å². The molecule has 3 fully saturated rings. The molecule has 220 valence electrons. The monoisotopic (exact) mass is 569 g/mol. The summed E-state index contributed by atoms with van der Waals surface area (Å²) in [5.74, 6) is -3.66. The van der Waals surface area contributed by atoms with Crippen LogP contribution in [0.25, 0.3) is 0 Å². The summed E-state index contributed by atoms with van der Waals surface area (Å²) in [6, 6.07) is 7.90. The molecule has 11 heteroatoms. The summed E-state index contributed by atoms with van der Waals surface area (Å²) in [5, 5.41) is 0. The van der Waals surface area contributed by atoms with Crippen LogP contribution in [0, 0.1) is 17.3 Å². The van der Waals surface area contributed by atoms with Gasteiger partial charge >= 0.3 is 23.9 Å². The first kappa shape index (κ1) is 28.8. The lowest BCUT2D eigenvalue weighted by molar-refractivity contribution is -0.296. The molecule has 3 aliphatic rings. The number of aromatic nitrogens is 1. The number of hydrogen-bond acceptors (Lipinski definition) is 11. The van der Waals surface area contributed by atoms with E-state index >= 15 is 0 Å². The van der Waals surface area contributed by atoms with Gasteiger partial charge in [0.2, 0.25) is 5.76 Å². The first-order valence-electron chi connectivity index (χ1n) is 13.7. The normalized spacial score (nSPS) is 35.1. The van der Waals surface area contributed by atoms with Gasteiger partial charge in [0, 0.05) is 20.0 Å². The fraction of sp³-hybridized carbons (Fsp3) is 0.567. The maximum absolute atomic E-state index is 13.5. The highest BCUT2D eigenvalue weighted by Crippen LogP contribution is 2.68. The van der Waals surface area contributed by atoms with E-state index in [0.717, 1.165) is 0 Å². The second-order valence-electron chi connectivity index (χ2n) is 11.8. The maximum Gasteiger partial charge on any atom is 0.374 e. The number of rotatable bonds is 6. The van der Waals surface area contributed by atoms with E-state index in [-0.39, 0.29) is 17.4 Å². The van der Waals surface area contributed by atoms with Crippen LogP contribution in [0.2, 0.25) is 0 Å². The Labute approximate surface area is 237 Å². The molecule has 0 radical (unpaired) electrons. The second-order valence-corrected chi connectivity index (χ2v) is 11.8. The SMILES string of the molecule is CC(=O)O[C@@H]1[C@H]2[C@@H](OC(=O)c3ccco3)[C@@]3(OC2(C)C)[C@H](C)CC[C@@H](OC(C)=O)[C@]3(C)[C@H]1OC(=O)c1ccccn1.